The Bertz CT molecular complexity index is 269. The van der Waals surface area contributed by atoms with Crippen molar-refractivity contribution < 1.29 is 0 Å². The number of aromatic nitrogens is 2. The van der Waals surface area contributed by atoms with Crippen molar-refractivity contribution in [1.82, 2.24) is 15.3 Å². The van der Waals surface area contributed by atoms with E-state index in [0.717, 1.165) is 23.7 Å². The van der Waals surface area contributed by atoms with E-state index in [4.69, 9.17) is 5.73 Å². The molecule has 0 saturated heterocycles. The molecule has 0 bridgehead atoms. The second-order valence-corrected chi connectivity index (χ2v) is 3.77. The maximum absolute atomic E-state index is 5.46. The average molecular weight is 213 g/mol. The first kappa shape index (κ1) is 10.9. The lowest BCUT2D eigenvalue weighted by molar-refractivity contribution is 0.958. The molecule has 78 valence electrons. The maximum atomic E-state index is 5.46. The number of nitrogens with two attached hydrogens (primary N) is 1. The van der Waals surface area contributed by atoms with Crippen LogP contribution in [0.3, 0.4) is 0 Å². The van der Waals surface area contributed by atoms with Gasteiger partial charge in [-0.25, -0.2) is 4.98 Å². The van der Waals surface area contributed by atoms with Gasteiger partial charge in [-0.3, -0.25) is 4.99 Å². The smallest absolute Gasteiger partial charge is 0.188 e. The quantitative estimate of drug-likeness (QED) is 0.370. The molecule has 1 heterocycles. The molecule has 0 aliphatic heterocycles. The van der Waals surface area contributed by atoms with E-state index in [9.17, 15) is 0 Å². The minimum atomic E-state index is 0.493. The van der Waals surface area contributed by atoms with Crippen molar-refractivity contribution in [1.29, 1.82) is 0 Å². The number of thioether (sulfide) groups is 1. The number of hydrogen-bond acceptors (Lipinski definition) is 3. The topological polar surface area (TPSA) is 79.1 Å². The van der Waals surface area contributed by atoms with Crippen LogP contribution in [0.25, 0.3) is 0 Å². The molecule has 0 spiro atoms. The molecule has 6 heteroatoms. The van der Waals surface area contributed by atoms with Crippen LogP contribution < -0.4 is 11.1 Å². The van der Waals surface area contributed by atoms with Crippen LogP contribution in [0, 0.1) is 0 Å². The number of nitrogens with one attached hydrogen (secondary N) is 2. The van der Waals surface area contributed by atoms with Gasteiger partial charge in [0.25, 0.3) is 0 Å². The molecule has 0 aliphatic carbocycles. The highest BCUT2D eigenvalue weighted by atomic mass is 32.2. The van der Waals surface area contributed by atoms with Gasteiger partial charge in [-0.2, -0.15) is 11.8 Å². The Morgan fingerprint density at radius 2 is 2.64 bits per heavy atom. The maximum Gasteiger partial charge on any atom is 0.188 e. The number of guanidine groups is 1. The number of aliphatic imine (C=N–C) groups is 1. The normalized spacial score (nSPS) is 11.6. The van der Waals surface area contributed by atoms with Crippen molar-refractivity contribution >= 4 is 17.7 Å². The fraction of sp³-hybridized carbons (Fsp3) is 0.500. The predicted octanol–water partition coefficient (Wildman–Crippen LogP) is 0.177. The van der Waals surface area contributed by atoms with E-state index in [1.807, 2.05) is 18.0 Å². The van der Waals surface area contributed by atoms with E-state index in [-0.39, 0.29) is 0 Å². The van der Waals surface area contributed by atoms with Crippen LogP contribution in [0.15, 0.2) is 17.5 Å². The summed E-state index contributed by atoms with van der Waals surface area (Å²) in [4.78, 5) is 10.8. The van der Waals surface area contributed by atoms with Gasteiger partial charge in [0.1, 0.15) is 0 Å². The van der Waals surface area contributed by atoms with Crippen LogP contribution in [-0.4, -0.2) is 35.3 Å². The molecule has 0 saturated carbocycles. The molecule has 5 nitrogen and oxygen atoms in total. The van der Waals surface area contributed by atoms with Gasteiger partial charge >= 0.3 is 0 Å². The molecular weight excluding hydrogens is 198 g/mol. The second-order valence-electron chi connectivity index (χ2n) is 2.67. The van der Waals surface area contributed by atoms with E-state index in [1.165, 1.54) is 0 Å². The van der Waals surface area contributed by atoms with Gasteiger partial charge < -0.3 is 16.0 Å². The van der Waals surface area contributed by atoms with Crippen LogP contribution in [0.4, 0.5) is 0 Å². The SMILES string of the molecule is CN=C(N)NCCSCc1cnc[nH]1. The lowest BCUT2D eigenvalue weighted by Crippen LogP contribution is -2.32. The Balaban J connectivity index is 2.00. The first-order valence-corrected chi connectivity index (χ1v) is 5.49. The van der Waals surface area contributed by atoms with Crippen LogP contribution >= 0.6 is 11.8 Å². The molecule has 0 unspecified atom stereocenters. The molecule has 0 amide bonds. The van der Waals surface area contributed by atoms with Crippen molar-refractivity contribution in [3.05, 3.63) is 18.2 Å². The molecule has 4 N–H and O–H groups in total. The summed E-state index contributed by atoms with van der Waals surface area (Å²) >= 11 is 1.82. The summed E-state index contributed by atoms with van der Waals surface area (Å²) in [6.07, 6.45) is 3.53. The number of rotatable bonds is 5. The lowest BCUT2D eigenvalue weighted by atomic mass is 10.6. The zero-order valence-electron chi connectivity index (χ0n) is 8.16. The molecule has 14 heavy (non-hydrogen) atoms. The summed E-state index contributed by atoms with van der Waals surface area (Å²) in [5.74, 6) is 2.44. The Kier molecular flexibility index (Phi) is 4.92. The van der Waals surface area contributed by atoms with Gasteiger partial charge in [-0.05, 0) is 0 Å². The highest BCUT2D eigenvalue weighted by Gasteiger charge is 1.94. The number of imidazole rings is 1. The minimum Gasteiger partial charge on any atom is -0.370 e. The van der Waals surface area contributed by atoms with Crippen molar-refractivity contribution in [3.63, 3.8) is 0 Å². The Morgan fingerprint density at radius 1 is 1.79 bits per heavy atom. The van der Waals surface area contributed by atoms with Gasteiger partial charge in [0.2, 0.25) is 0 Å². The van der Waals surface area contributed by atoms with Crippen LogP contribution in [-0.2, 0) is 5.75 Å². The van der Waals surface area contributed by atoms with Crippen LogP contribution in [0.1, 0.15) is 5.69 Å². The Hall–Kier alpha value is -1.17. The largest absolute Gasteiger partial charge is 0.370 e. The molecule has 0 fully saturated rings. The van der Waals surface area contributed by atoms with Gasteiger partial charge in [-0.15, -0.1) is 0 Å². The van der Waals surface area contributed by atoms with E-state index >= 15 is 0 Å². The predicted molar refractivity (Wildman–Crippen MR) is 60.3 cm³/mol. The van der Waals surface area contributed by atoms with Crippen molar-refractivity contribution in [2.45, 2.75) is 5.75 Å². The molecule has 1 aromatic heterocycles. The Morgan fingerprint density at radius 3 is 3.29 bits per heavy atom. The van der Waals surface area contributed by atoms with Crippen LogP contribution in [0.2, 0.25) is 0 Å². The fourth-order valence-corrected chi connectivity index (χ4v) is 1.64. The van der Waals surface area contributed by atoms with Crippen LogP contribution in [0.5, 0.6) is 0 Å². The third-order valence-corrected chi connectivity index (χ3v) is 2.61. The summed E-state index contributed by atoms with van der Waals surface area (Å²) in [5, 5.41) is 2.99. The van der Waals surface area contributed by atoms with Gasteiger partial charge in [0.05, 0.1) is 6.33 Å². The average Bonchev–Trinajstić information content (AvgIpc) is 2.69. The molecule has 0 radical (unpaired) electrons. The first-order valence-electron chi connectivity index (χ1n) is 4.34. The monoisotopic (exact) mass is 213 g/mol. The molecule has 1 aromatic rings. The number of hydrogen-bond donors (Lipinski definition) is 3. The summed E-state index contributed by atoms with van der Waals surface area (Å²) in [5.41, 5.74) is 6.61. The highest BCUT2D eigenvalue weighted by molar-refractivity contribution is 7.98. The molecule has 0 aromatic carbocycles. The number of aromatic amines is 1. The fourth-order valence-electron chi connectivity index (χ4n) is 0.876. The van der Waals surface area contributed by atoms with Crippen molar-refractivity contribution in [2.24, 2.45) is 10.7 Å². The third kappa shape index (κ3) is 4.18. The highest BCUT2D eigenvalue weighted by Crippen LogP contribution is 2.07. The van der Waals surface area contributed by atoms with E-state index < -0.39 is 0 Å². The standard InChI is InChI=1S/C8H15N5S/c1-10-8(9)12-2-3-14-5-7-4-11-6-13-7/h4,6H,2-3,5H2,1H3,(H,11,13)(H3,9,10,12). The lowest BCUT2D eigenvalue weighted by Gasteiger charge is -2.03. The van der Waals surface area contributed by atoms with Gasteiger partial charge in [0.15, 0.2) is 5.96 Å². The first-order chi connectivity index (χ1) is 6.83. The zero-order valence-corrected chi connectivity index (χ0v) is 8.97. The zero-order chi connectivity index (χ0) is 10.2. The number of H-pyrrole nitrogens is 1. The minimum absolute atomic E-state index is 0.493. The van der Waals surface area contributed by atoms with E-state index in [1.54, 1.807) is 13.4 Å². The van der Waals surface area contributed by atoms with Gasteiger partial charge in [-0.1, -0.05) is 0 Å². The summed E-state index contributed by atoms with van der Waals surface area (Å²) in [7, 11) is 1.67. The summed E-state index contributed by atoms with van der Waals surface area (Å²) < 4.78 is 0. The second kappa shape index (κ2) is 6.31. The Labute approximate surface area is 87.6 Å². The summed E-state index contributed by atoms with van der Waals surface area (Å²) in [6, 6.07) is 0. The molecule has 0 atom stereocenters. The molecular formula is C8H15N5S. The van der Waals surface area contributed by atoms with E-state index in [0.29, 0.717) is 5.96 Å². The molecule has 1 rings (SSSR count). The third-order valence-electron chi connectivity index (χ3n) is 1.61. The number of nitrogens with zero attached hydrogens (tertiary/aromatic N) is 2. The van der Waals surface area contributed by atoms with Crippen molar-refractivity contribution in [3.8, 4) is 0 Å². The van der Waals surface area contributed by atoms with Gasteiger partial charge in [0, 0.05) is 37.0 Å². The van der Waals surface area contributed by atoms with Crippen molar-refractivity contribution in [2.75, 3.05) is 19.3 Å². The summed E-state index contributed by atoms with van der Waals surface area (Å²) in [6.45, 7) is 0.835. The van der Waals surface area contributed by atoms with E-state index in [2.05, 4.69) is 20.3 Å². The molecule has 0 aliphatic rings.